The van der Waals surface area contributed by atoms with E-state index in [0.29, 0.717) is 0 Å². The van der Waals surface area contributed by atoms with Gasteiger partial charge in [-0.25, -0.2) is 0 Å². The van der Waals surface area contributed by atoms with Crippen LogP contribution in [0.3, 0.4) is 0 Å². The minimum absolute atomic E-state index is 0.0284. The van der Waals surface area contributed by atoms with E-state index >= 15 is 0 Å². The Hall–Kier alpha value is -2.40. The van der Waals surface area contributed by atoms with Crippen molar-refractivity contribution in [2.75, 3.05) is 20.2 Å². The van der Waals surface area contributed by atoms with Gasteiger partial charge in [-0.3, -0.25) is 0 Å². The SMILES string of the molecule is COC(=O)C1CN(Cc2ccc(-c3cnc(-c4cccc(OC(C)C)c4)[se]3)cc2)C1. The molecule has 2 aromatic carbocycles. The molecule has 0 radical (unpaired) electrons. The number of carbonyl (C=O) groups is 1. The molecule has 0 unspecified atom stereocenters. The molecule has 1 aromatic heterocycles. The number of aromatic nitrogens is 1. The van der Waals surface area contributed by atoms with E-state index in [0.717, 1.165) is 35.5 Å². The molecule has 4 rings (SSSR count). The number of ether oxygens (including phenoxy) is 2. The Balaban J connectivity index is 1.40. The average molecular weight is 469 g/mol. The summed E-state index contributed by atoms with van der Waals surface area (Å²) in [6.45, 7) is 6.49. The summed E-state index contributed by atoms with van der Waals surface area (Å²) >= 11 is 0.170. The van der Waals surface area contributed by atoms with Crippen molar-refractivity contribution in [1.29, 1.82) is 0 Å². The zero-order chi connectivity index (χ0) is 21.1. The summed E-state index contributed by atoms with van der Waals surface area (Å²) in [7, 11) is 1.45. The van der Waals surface area contributed by atoms with Crippen LogP contribution in [-0.4, -0.2) is 56.7 Å². The molecule has 0 aliphatic carbocycles. The van der Waals surface area contributed by atoms with Crippen molar-refractivity contribution < 1.29 is 14.3 Å². The number of benzene rings is 2. The topological polar surface area (TPSA) is 51.7 Å². The number of carbonyl (C=O) groups excluding carboxylic acids is 1. The molecule has 0 atom stereocenters. The quantitative estimate of drug-likeness (QED) is 0.389. The van der Waals surface area contributed by atoms with Crippen molar-refractivity contribution in [3.05, 3.63) is 60.3 Å². The van der Waals surface area contributed by atoms with Crippen LogP contribution in [-0.2, 0) is 16.1 Å². The predicted octanol–water partition coefficient (Wildman–Crippen LogP) is 3.86. The molecule has 0 saturated carbocycles. The second-order valence-electron chi connectivity index (χ2n) is 7.84. The third-order valence-electron chi connectivity index (χ3n) is 5.09. The number of methoxy groups -OCH3 is 1. The van der Waals surface area contributed by atoms with E-state index in [-0.39, 0.29) is 32.5 Å². The number of rotatable bonds is 7. The molecule has 0 bridgehead atoms. The van der Waals surface area contributed by atoms with E-state index in [2.05, 4.69) is 46.3 Å². The Kier molecular flexibility index (Phi) is 6.37. The first-order chi connectivity index (χ1) is 14.5. The Bertz CT molecular complexity index is 1010. The van der Waals surface area contributed by atoms with E-state index in [1.807, 2.05) is 32.2 Å². The van der Waals surface area contributed by atoms with Crippen molar-refractivity contribution in [3.8, 4) is 25.9 Å². The third kappa shape index (κ3) is 4.84. The fourth-order valence-electron chi connectivity index (χ4n) is 3.56. The van der Waals surface area contributed by atoms with Crippen LogP contribution in [0.4, 0.5) is 0 Å². The second kappa shape index (κ2) is 9.17. The number of nitrogens with zero attached hydrogens (tertiary/aromatic N) is 2. The molecule has 2 heterocycles. The predicted molar refractivity (Wildman–Crippen MR) is 119 cm³/mol. The maximum atomic E-state index is 11.5. The van der Waals surface area contributed by atoms with Crippen LogP contribution in [0.2, 0.25) is 0 Å². The van der Waals surface area contributed by atoms with E-state index in [4.69, 9.17) is 9.47 Å². The fraction of sp³-hybridized carbons (Fsp3) is 0.333. The monoisotopic (exact) mass is 470 g/mol. The molecule has 0 N–H and O–H groups in total. The van der Waals surface area contributed by atoms with Crippen molar-refractivity contribution in [2.45, 2.75) is 26.5 Å². The van der Waals surface area contributed by atoms with Gasteiger partial charge in [-0.05, 0) is 0 Å². The van der Waals surface area contributed by atoms with Crippen LogP contribution in [0.5, 0.6) is 5.75 Å². The molecular formula is C24H26N2O3Se. The van der Waals surface area contributed by atoms with Crippen molar-refractivity contribution in [3.63, 3.8) is 0 Å². The van der Waals surface area contributed by atoms with E-state index in [1.54, 1.807) is 0 Å². The standard InChI is InChI=1S/C24H26N2O3Se/c1-16(2)29-21-6-4-5-19(11-21)23-25-12-22(30-23)18-9-7-17(8-10-18)13-26-14-20(15-26)24(27)28-3/h4-12,16,20H,13-15H2,1-3H3. The second-order valence-corrected chi connectivity index (χ2v) is 10.00. The molecular weight excluding hydrogens is 443 g/mol. The van der Waals surface area contributed by atoms with Gasteiger partial charge in [-0.15, -0.1) is 0 Å². The van der Waals surface area contributed by atoms with Gasteiger partial charge >= 0.3 is 183 Å². The van der Waals surface area contributed by atoms with Gasteiger partial charge < -0.3 is 0 Å². The molecule has 1 aliphatic heterocycles. The summed E-state index contributed by atoms with van der Waals surface area (Å²) in [5, 5.41) is 0. The fourth-order valence-corrected chi connectivity index (χ4v) is 5.49. The average Bonchev–Trinajstić information content (AvgIpc) is 3.20. The Morgan fingerprint density at radius 1 is 1.17 bits per heavy atom. The van der Waals surface area contributed by atoms with Gasteiger partial charge in [0, 0.05) is 0 Å². The Morgan fingerprint density at radius 2 is 1.93 bits per heavy atom. The zero-order valence-electron chi connectivity index (χ0n) is 17.5. The summed E-state index contributed by atoms with van der Waals surface area (Å²) in [6.07, 6.45) is 2.16. The molecule has 1 saturated heterocycles. The summed E-state index contributed by atoms with van der Waals surface area (Å²) < 4.78 is 13.0. The van der Waals surface area contributed by atoms with Crippen LogP contribution in [0, 0.1) is 5.92 Å². The first-order valence-corrected chi connectivity index (χ1v) is 11.9. The maximum absolute atomic E-state index is 11.5. The molecule has 156 valence electrons. The van der Waals surface area contributed by atoms with Crippen molar-refractivity contribution >= 4 is 20.5 Å². The molecule has 1 fully saturated rings. The van der Waals surface area contributed by atoms with Crippen LogP contribution < -0.4 is 4.74 Å². The van der Waals surface area contributed by atoms with Crippen LogP contribution in [0.1, 0.15) is 19.4 Å². The van der Waals surface area contributed by atoms with Crippen LogP contribution in [0.15, 0.2) is 54.7 Å². The Morgan fingerprint density at radius 3 is 2.63 bits per heavy atom. The number of likely N-dealkylation sites (tertiary alicyclic amines) is 1. The molecule has 6 heteroatoms. The summed E-state index contributed by atoms with van der Waals surface area (Å²) in [5.74, 6) is 0.814. The van der Waals surface area contributed by atoms with Gasteiger partial charge in [-0.1, -0.05) is 0 Å². The molecule has 30 heavy (non-hydrogen) atoms. The van der Waals surface area contributed by atoms with Gasteiger partial charge in [0.15, 0.2) is 0 Å². The van der Waals surface area contributed by atoms with Gasteiger partial charge in [-0.2, -0.15) is 0 Å². The summed E-state index contributed by atoms with van der Waals surface area (Å²) in [6, 6.07) is 16.9. The van der Waals surface area contributed by atoms with Gasteiger partial charge in [0.1, 0.15) is 0 Å². The molecule has 1 aliphatic rings. The van der Waals surface area contributed by atoms with E-state index in [1.165, 1.54) is 22.7 Å². The van der Waals surface area contributed by atoms with E-state index < -0.39 is 0 Å². The number of hydrogen-bond donors (Lipinski definition) is 0. The number of hydrogen-bond acceptors (Lipinski definition) is 5. The first kappa shape index (κ1) is 20.9. The summed E-state index contributed by atoms with van der Waals surface area (Å²) in [5.41, 5.74) is 3.62. The third-order valence-corrected chi connectivity index (χ3v) is 7.39. The number of esters is 1. The molecule has 3 aromatic rings. The Labute approximate surface area is 183 Å². The zero-order valence-corrected chi connectivity index (χ0v) is 19.2. The normalized spacial score (nSPS) is 14.5. The first-order valence-electron chi connectivity index (χ1n) is 10.1. The van der Waals surface area contributed by atoms with Crippen molar-refractivity contribution in [2.24, 2.45) is 5.92 Å². The van der Waals surface area contributed by atoms with Crippen LogP contribution >= 0.6 is 0 Å². The van der Waals surface area contributed by atoms with Crippen molar-refractivity contribution in [1.82, 2.24) is 9.88 Å². The minimum atomic E-state index is -0.103. The molecule has 0 amide bonds. The molecule has 0 spiro atoms. The summed E-state index contributed by atoms with van der Waals surface area (Å²) in [4.78, 5) is 18.5. The van der Waals surface area contributed by atoms with Gasteiger partial charge in [0.25, 0.3) is 0 Å². The van der Waals surface area contributed by atoms with Crippen LogP contribution in [0.25, 0.3) is 20.1 Å². The molecule has 5 nitrogen and oxygen atoms in total. The van der Waals surface area contributed by atoms with Gasteiger partial charge in [0.2, 0.25) is 0 Å². The van der Waals surface area contributed by atoms with E-state index in [9.17, 15) is 4.79 Å². The van der Waals surface area contributed by atoms with Gasteiger partial charge in [0.05, 0.1) is 0 Å².